The molecule has 15 heteroatoms. The van der Waals surface area contributed by atoms with Crippen LogP contribution in [0.15, 0.2) is 24.3 Å². The molecule has 2 aromatic rings. The van der Waals surface area contributed by atoms with Gasteiger partial charge in [-0.3, -0.25) is 4.79 Å². The van der Waals surface area contributed by atoms with E-state index in [9.17, 15) is 49.1 Å². The Kier molecular flexibility index (Phi) is 6.82. The maximum atomic E-state index is 13.3. The quantitative estimate of drug-likeness (QED) is 0.387. The van der Waals surface area contributed by atoms with Gasteiger partial charge in [0.2, 0.25) is 0 Å². The minimum absolute atomic E-state index is 0.0969. The van der Waals surface area contributed by atoms with E-state index in [1.54, 1.807) is 4.90 Å². The number of amides is 2. The number of hydrogen-bond acceptors (Lipinski definition) is 4. The Morgan fingerprint density at radius 1 is 0.892 bits per heavy atom. The normalized spacial score (nSPS) is 18.8. The minimum Gasteiger partial charge on any atom is -0.426 e. The van der Waals surface area contributed by atoms with Crippen LogP contribution in [0, 0.1) is 0 Å². The van der Waals surface area contributed by atoms with E-state index in [0.29, 0.717) is 24.8 Å². The highest BCUT2D eigenvalue weighted by Gasteiger charge is 2.60. The Balaban J connectivity index is 1.46. The third-order valence-corrected chi connectivity index (χ3v) is 7.75. The van der Waals surface area contributed by atoms with Crippen molar-refractivity contribution in [2.75, 3.05) is 19.6 Å². The van der Waals surface area contributed by atoms with Gasteiger partial charge in [-0.15, -0.1) is 11.3 Å². The predicted octanol–water partition coefficient (Wildman–Crippen LogP) is 6.62. The zero-order chi connectivity index (χ0) is 27.4. The van der Waals surface area contributed by atoms with Crippen molar-refractivity contribution in [1.82, 2.24) is 9.80 Å². The number of alkyl halides is 9. The van der Waals surface area contributed by atoms with Gasteiger partial charge in [-0.25, -0.2) is 4.79 Å². The Bertz CT molecular complexity index is 1170. The van der Waals surface area contributed by atoms with Crippen LogP contribution < -0.4 is 0 Å². The topological polar surface area (TPSA) is 49.9 Å². The number of benzene rings is 1. The number of likely N-dealkylation sites (tertiary alicyclic amines) is 2. The molecule has 2 fully saturated rings. The van der Waals surface area contributed by atoms with Crippen LogP contribution in [0.5, 0.6) is 0 Å². The van der Waals surface area contributed by atoms with Gasteiger partial charge in [0.1, 0.15) is 0 Å². The summed E-state index contributed by atoms with van der Waals surface area (Å²) in [4.78, 5) is 27.9. The molecule has 37 heavy (non-hydrogen) atoms. The molecule has 0 radical (unpaired) electrons. The summed E-state index contributed by atoms with van der Waals surface area (Å²) in [6.07, 6.45) is -20.9. The van der Waals surface area contributed by atoms with Crippen molar-refractivity contribution in [3.05, 3.63) is 34.7 Å². The van der Waals surface area contributed by atoms with Crippen molar-refractivity contribution < 1.29 is 53.8 Å². The van der Waals surface area contributed by atoms with Crippen molar-refractivity contribution in [3.63, 3.8) is 0 Å². The van der Waals surface area contributed by atoms with Crippen molar-refractivity contribution in [1.29, 1.82) is 0 Å². The Morgan fingerprint density at radius 3 is 2.08 bits per heavy atom. The SMILES string of the molecule is O=C(OC(C(F)(F)F)C(F)(F)F)N1CCC2(CCCN2C(=O)c2cc3ccc(C(F)(F)F)cc3s2)CC1. The van der Waals surface area contributed by atoms with Crippen LogP contribution in [-0.4, -0.2) is 65.4 Å². The van der Waals surface area contributed by atoms with E-state index in [1.807, 2.05) is 0 Å². The molecule has 204 valence electrons. The summed E-state index contributed by atoms with van der Waals surface area (Å²) in [6, 6.07) is 4.62. The number of piperidine rings is 1. The molecule has 1 aromatic heterocycles. The van der Waals surface area contributed by atoms with Crippen LogP contribution in [-0.2, 0) is 10.9 Å². The maximum absolute atomic E-state index is 13.3. The van der Waals surface area contributed by atoms with E-state index in [1.165, 1.54) is 12.1 Å². The fraction of sp³-hybridized carbons (Fsp3) is 0.545. The summed E-state index contributed by atoms with van der Waals surface area (Å²) in [5, 5.41) is 0.455. The van der Waals surface area contributed by atoms with Gasteiger partial charge in [-0.2, -0.15) is 39.5 Å². The summed E-state index contributed by atoms with van der Waals surface area (Å²) < 4.78 is 119. The highest BCUT2D eigenvalue weighted by atomic mass is 32.1. The molecular weight excluding hydrogens is 543 g/mol. The van der Waals surface area contributed by atoms with Crippen LogP contribution in [0.25, 0.3) is 10.1 Å². The fourth-order valence-corrected chi connectivity index (χ4v) is 5.87. The van der Waals surface area contributed by atoms with E-state index in [-0.39, 0.29) is 35.5 Å². The number of halogens is 9. The summed E-state index contributed by atoms with van der Waals surface area (Å²) >= 11 is 0.898. The minimum atomic E-state index is -5.83. The van der Waals surface area contributed by atoms with Gasteiger partial charge in [0.15, 0.2) is 0 Å². The number of thiophene rings is 1. The molecule has 2 amide bonds. The van der Waals surface area contributed by atoms with Gasteiger partial charge in [0.05, 0.1) is 10.4 Å². The van der Waals surface area contributed by atoms with Gasteiger partial charge < -0.3 is 14.5 Å². The molecule has 1 aromatic carbocycles. The average Bonchev–Trinajstić information content (AvgIpc) is 3.39. The van der Waals surface area contributed by atoms with Crippen molar-refractivity contribution in [3.8, 4) is 0 Å². The first-order valence-electron chi connectivity index (χ1n) is 11.0. The largest absolute Gasteiger partial charge is 0.434 e. The molecule has 0 N–H and O–H groups in total. The monoisotopic (exact) mass is 562 g/mol. The summed E-state index contributed by atoms with van der Waals surface area (Å²) in [6.45, 7) is -0.144. The molecule has 0 saturated carbocycles. The van der Waals surface area contributed by atoms with E-state index < -0.39 is 47.7 Å². The molecule has 4 rings (SSSR count). The smallest absolute Gasteiger partial charge is 0.426 e. The van der Waals surface area contributed by atoms with Crippen molar-refractivity contribution in [2.45, 2.75) is 55.9 Å². The van der Waals surface area contributed by atoms with Crippen LogP contribution in [0.2, 0.25) is 0 Å². The second-order valence-corrected chi connectivity index (χ2v) is 10.1. The molecule has 0 bridgehead atoms. The Labute approximate surface area is 207 Å². The molecule has 2 aliphatic rings. The number of ether oxygens (including phenoxy) is 1. The highest BCUT2D eigenvalue weighted by Crippen LogP contribution is 2.42. The number of carbonyl (C=O) groups excluding carboxylic acids is 2. The van der Waals surface area contributed by atoms with Crippen LogP contribution in [0.1, 0.15) is 40.9 Å². The number of rotatable bonds is 2. The van der Waals surface area contributed by atoms with Gasteiger partial charge in [0.25, 0.3) is 12.0 Å². The Hall–Kier alpha value is -2.71. The lowest BCUT2D eigenvalue weighted by Crippen LogP contribution is -2.56. The molecule has 1 spiro atoms. The first kappa shape index (κ1) is 27.3. The molecule has 2 aliphatic heterocycles. The van der Waals surface area contributed by atoms with Gasteiger partial charge in [-0.05, 0) is 49.3 Å². The number of carbonyl (C=O) groups is 2. The second-order valence-electron chi connectivity index (χ2n) is 8.98. The lowest BCUT2D eigenvalue weighted by atomic mass is 9.85. The molecule has 2 saturated heterocycles. The molecule has 3 heterocycles. The third-order valence-electron chi connectivity index (χ3n) is 6.67. The van der Waals surface area contributed by atoms with Gasteiger partial charge in [-0.1, -0.05) is 6.07 Å². The first-order valence-corrected chi connectivity index (χ1v) is 11.8. The maximum Gasteiger partial charge on any atom is 0.434 e. The summed E-state index contributed by atoms with van der Waals surface area (Å²) in [7, 11) is 0. The molecule has 0 aliphatic carbocycles. The molecule has 0 atom stereocenters. The standard InChI is InChI=1S/C22H19F9N2O3S/c23-20(24,25)13-3-2-12-10-15(37-14(12)11-13)16(34)33-7-1-4-19(33)5-8-32(9-6-19)18(35)36-17(21(26,27)28)22(29,30)31/h2-3,10-11,17H,1,4-9H2. The van der Waals surface area contributed by atoms with Crippen molar-refractivity contribution >= 4 is 33.4 Å². The zero-order valence-electron chi connectivity index (χ0n) is 18.8. The van der Waals surface area contributed by atoms with Crippen molar-refractivity contribution in [2.24, 2.45) is 0 Å². The van der Waals surface area contributed by atoms with E-state index in [4.69, 9.17) is 0 Å². The van der Waals surface area contributed by atoms with Crippen LogP contribution >= 0.6 is 11.3 Å². The third kappa shape index (κ3) is 5.46. The van der Waals surface area contributed by atoms with E-state index in [0.717, 1.165) is 28.4 Å². The number of fused-ring (bicyclic) bond motifs is 1. The second kappa shape index (κ2) is 9.24. The van der Waals surface area contributed by atoms with E-state index in [2.05, 4.69) is 4.74 Å². The first-order chi connectivity index (χ1) is 17.0. The number of nitrogens with zero attached hydrogens (tertiary/aromatic N) is 2. The lowest BCUT2D eigenvalue weighted by molar-refractivity contribution is -0.308. The summed E-state index contributed by atoms with van der Waals surface area (Å²) in [5.41, 5.74) is -1.63. The number of hydrogen-bond donors (Lipinski definition) is 0. The van der Waals surface area contributed by atoms with Crippen LogP contribution in [0.4, 0.5) is 44.3 Å². The fourth-order valence-electron chi connectivity index (χ4n) is 4.82. The summed E-state index contributed by atoms with van der Waals surface area (Å²) in [5.74, 6) is -0.433. The highest BCUT2D eigenvalue weighted by molar-refractivity contribution is 7.20. The predicted molar refractivity (Wildman–Crippen MR) is 113 cm³/mol. The average molecular weight is 562 g/mol. The van der Waals surface area contributed by atoms with Gasteiger partial charge >= 0.3 is 24.6 Å². The lowest BCUT2D eigenvalue weighted by Gasteiger charge is -2.44. The van der Waals surface area contributed by atoms with Crippen LogP contribution in [0.3, 0.4) is 0 Å². The molecular formula is C22H19F9N2O3S. The zero-order valence-corrected chi connectivity index (χ0v) is 19.6. The Morgan fingerprint density at radius 2 is 1.51 bits per heavy atom. The molecule has 0 unspecified atom stereocenters. The molecule has 5 nitrogen and oxygen atoms in total. The van der Waals surface area contributed by atoms with E-state index >= 15 is 0 Å². The van der Waals surface area contributed by atoms with Gasteiger partial charge in [0, 0.05) is 29.9 Å².